The molecule has 2 aromatic rings. The minimum absolute atomic E-state index is 0.111. The molecule has 1 N–H and O–H groups in total. The molecule has 0 heterocycles. The van der Waals surface area contributed by atoms with E-state index in [0.29, 0.717) is 10.8 Å². The molecule has 0 aliphatic rings. The zero-order valence-electron chi connectivity index (χ0n) is 13.9. The van der Waals surface area contributed by atoms with E-state index in [0.717, 1.165) is 0 Å². The van der Waals surface area contributed by atoms with Crippen molar-refractivity contribution in [1.29, 1.82) is 0 Å². The van der Waals surface area contributed by atoms with E-state index in [1.165, 1.54) is 25.3 Å². The van der Waals surface area contributed by atoms with Gasteiger partial charge in [-0.1, -0.05) is 11.6 Å². The number of nitrogens with one attached hydrogen (secondary N) is 1. The van der Waals surface area contributed by atoms with E-state index >= 15 is 0 Å². The van der Waals surface area contributed by atoms with Crippen molar-refractivity contribution < 1.29 is 19.2 Å². The highest BCUT2D eigenvalue weighted by atomic mass is 35.5. The molecule has 0 bridgehead atoms. The monoisotopic (exact) mass is 364 g/mol. The van der Waals surface area contributed by atoms with E-state index in [9.17, 15) is 14.9 Å². The highest BCUT2D eigenvalue weighted by Crippen LogP contribution is 2.30. The molecular weight excluding hydrogens is 348 g/mol. The van der Waals surface area contributed by atoms with Crippen molar-refractivity contribution in [3.63, 3.8) is 0 Å². The zero-order valence-corrected chi connectivity index (χ0v) is 14.7. The Bertz CT molecular complexity index is 790. The molecule has 1 amide bonds. The number of ether oxygens (including phenoxy) is 2. The van der Waals surface area contributed by atoms with Gasteiger partial charge in [0.2, 0.25) is 0 Å². The van der Waals surface area contributed by atoms with Gasteiger partial charge in [-0.25, -0.2) is 0 Å². The normalized spacial score (nSPS) is 10.9. The zero-order chi connectivity index (χ0) is 18.6. The number of rotatable bonds is 6. The SMILES string of the molecule is COc1ccc(NC(=O)C(C)(C)Oc2ccc(Cl)cc2)cc1[N+](=O)[O-]. The van der Waals surface area contributed by atoms with Gasteiger partial charge in [-0.2, -0.15) is 0 Å². The van der Waals surface area contributed by atoms with Gasteiger partial charge in [-0.15, -0.1) is 0 Å². The second-order valence-electron chi connectivity index (χ2n) is 5.66. The molecule has 7 nitrogen and oxygen atoms in total. The summed E-state index contributed by atoms with van der Waals surface area (Å²) < 4.78 is 10.6. The molecule has 0 saturated heterocycles. The number of nitrogens with zero attached hydrogens (tertiary/aromatic N) is 1. The van der Waals surface area contributed by atoms with Crippen LogP contribution in [0, 0.1) is 10.1 Å². The molecule has 0 fully saturated rings. The van der Waals surface area contributed by atoms with Crippen LogP contribution >= 0.6 is 11.6 Å². The number of nitro groups is 1. The first-order chi connectivity index (χ1) is 11.7. The van der Waals surface area contributed by atoms with Crippen LogP contribution < -0.4 is 14.8 Å². The molecule has 0 spiro atoms. The number of carbonyl (C=O) groups is 1. The van der Waals surface area contributed by atoms with Gasteiger partial charge in [-0.3, -0.25) is 14.9 Å². The number of hydrogen-bond donors (Lipinski definition) is 1. The van der Waals surface area contributed by atoms with Gasteiger partial charge in [0.05, 0.1) is 12.0 Å². The molecule has 132 valence electrons. The van der Waals surface area contributed by atoms with E-state index in [2.05, 4.69) is 5.32 Å². The lowest BCUT2D eigenvalue weighted by Gasteiger charge is -2.25. The maximum Gasteiger partial charge on any atom is 0.312 e. The Morgan fingerprint density at radius 1 is 1.20 bits per heavy atom. The summed E-state index contributed by atoms with van der Waals surface area (Å²) in [5.41, 5.74) is -1.18. The molecule has 0 radical (unpaired) electrons. The lowest BCUT2D eigenvalue weighted by atomic mass is 10.1. The fourth-order valence-corrected chi connectivity index (χ4v) is 2.16. The predicted molar refractivity (Wildman–Crippen MR) is 94.4 cm³/mol. The molecule has 0 saturated carbocycles. The van der Waals surface area contributed by atoms with Crippen molar-refractivity contribution >= 4 is 28.9 Å². The summed E-state index contributed by atoms with van der Waals surface area (Å²) in [5.74, 6) is 0.131. The minimum Gasteiger partial charge on any atom is -0.490 e. The van der Waals surface area contributed by atoms with Crippen LogP contribution in [0.2, 0.25) is 5.02 Å². The fourth-order valence-electron chi connectivity index (χ4n) is 2.04. The number of hydrogen-bond acceptors (Lipinski definition) is 5. The molecule has 0 aromatic heterocycles. The first kappa shape index (κ1) is 18.5. The van der Waals surface area contributed by atoms with Gasteiger partial charge < -0.3 is 14.8 Å². The highest BCUT2D eigenvalue weighted by molar-refractivity contribution is 6.30. The van der Waals surface area contributed by atoms with Gasteiger partial charge in [-0.05, 0) is 50.2 Å². The summed E-state index contributed by atoms with van der Waals surface area (Å²) in [6.07, 6.45) is 0. The third-order valence-corrected chi connectivity index (χ3v) is 3.62. The number of halogens is 1. The van der Waals surface area contributed by atoms with Crippen molar-refractivity contribution in [2.24, 2.45) is 0 Å². The number of carbonyl (C=O) groups excluding carboxylic acids is 1. The maximum atomic E-state index is 12.5. The Morgan fingerprint density at radius 3 is 2.40 bits per heavy atom. The highest BCUT2D eigenvalue weighted by Gasteiger charge is 2.30. The molecule has 0 unspecified atom stereocenters. The summed E-state index contributed by atoms with van der Waals surface area (Å²) in [5, 5.41) is 14.2. The lowest BCUT2D eigenvalue weighted by Crippen LogP contribution is -2.42. The Labute approximate surface area is 149 Å². The molecule has 8 heteroatoms. The summed E-state index contributed by atoms with van der Waals surface area (Å²) in [7, 11) is 1.34. The topological polar surface area (TPSA) is 90.7 Å². The van der Waals surface area contributed by atoms with E-state index in [1.54, 1.807) is 38.1 Å². The summed E-state index contributed by atoms with van der Waals surface area (Å²) in [6, 6.07) is 10.8. The Balaban J connectivity index is 2.16. The maximum absolute atomic E-state index is 12.5. The Morgan fingerprint density at radius 2 is 1.84 bits per heavy atom. The van der Waals surface area contributed by atoms with Crippen LogP contribution in [0.15, 0.2) is 42.5 Å². The molecule has 0 aliphatic carbocycles. The first-order valence-electron chi connectivity index (χ1n) is 7.31. The summed E-state index contributed by atoms with van der Waals surface area (Å²) in [4.78, 5) is 23.0. The summed E-state index contributed by atoms with van der Waals surface area (Å²) >= 11 is 5.82. The molecule has 25 heavy (non-hydrogen) atoms. The number of benzene rings is 2. The molecule has 2 aromatic carbocycles. The third-order valence-electron chi connectivity index (χ3n) is 3.37. The van der Waals surface area contributed by atoms with Gasteiger partial charge in [0.1, 0.15) is 5.75 Å². The molecule has 0 aliphatic heterocycles. The van der Waals surface area contributed by atoms with Gasteiger partial charge >= 0.3 is 5.69 Å². The lowest BCUT2D eigenvalue weighted by molar-refractivity contribution is -0.385. The molecule has 0 atom stereocenters. The first-order valence-corrected chi connectivity index (χ1v) is 7.69. The van der Waals surface area contributed by atoms with Gasteiger partial charge in [0.25, 0.3) is 5.91 Å². The van der Waals surface area contributed by atoms with Crippen molar-refractivity contribution in [3.8, 4) is 11.5 Å². The van der Waals surface area contributed by atoms with E-state index in [-0.39, 0.29) is 17.1 Å². The van der Waals surface area contributed by atoms with Crippen LogP contribution in [0.1, 0.15) is 13.8 Å². The standard InChI is InChI=1S/C17H17ClN2O5/c1-17(2,25-13-7-4-11(18)5-8-13)16(21)19-12-6-9-15(24-3)14(10-12)20(22)23/h4-10H,1-3H3,(H,19,21). The molecular formula is C17H17ClN2O5. The predicted octanol–water partition coefficient (Wildman–Crippen LogP) is 4.05. The second-order valence-corrected chi connectivity index (χ2v) is 6.10. The average Bonchev–Trinajstić information content (AvgIpc) is 2.56. The largest absolute Gasteiger partial charge is 0.490 e. The molecule has 2 rings (SSSR count). The Hall–Kier alpha value is -2.80. The average molecular weight is 365 g/mol. The fraction of sp³-hybridized carbons (Fsp3) is 0.235. The summed E-state index contributed by atoms with van der Waals surface area (Å²) in [6.45, 7) is 3.18. The van der Waals surface area contributed by atoms with Gasteiger partial charge in [0.15, 0.2) is 11.4 Å². The second kappa shape index (κ2) is 7.40. The van der Waals surface area contributed by atoms with Crippen LogP contribution in [0.5, 0.6) is 11.5 Å². The van der Waals surface area contributed by atoms with Crippen molar-refractivity contribution in [2.75, 3.05) is 12.4 Å². The minimum atomic E-state index is -1.21. The van der Waals surface area contributed by atoms with Crippen molar-refractivity contribution in [2.45, 2.75) is 19.4 Å². The third kappa shape index (κ3) is 4.60. The number of amides is 1. The van der Waals surface area contributed by atoms with Crippen LogP contribution in [-0.2, 0) is 4.79 Å². The van der Waals surface area contributed by atoms with Crippen LogP contribution in [0.3, 0.4) is 0 Å². The van der Waals surface area contributed by atoms with Crippen LogP contribution in [-0.4, -0.2) is 23.5 Å². The van der Waals surface area contributed by atoms with Crippen LogP contribution in [0.25, 0.3) is 0 Å². The van der Waals surface area contributed by atoms with E-state index < -0.39 is 16.4 Å². The Kier molecular flexibility index (Phi) is 5.48. The van der Waals surface area contributed by atoms with Gasteiger partial charge in [0, 0.05) is 16.8 Å². The quantitative estimate of drug-likeness (QED) is 0.616. The number of methoxy groups -OCH3 is 1. The smallest absolute Gasteiger partial charge is 0.312 e. The van der Waals surface area contributed by atoms with E-state index in [4.69, 9.17) is 21.1 Å². The van der Waals surface area contributed by atoms with E-state index in [1.807, 2.05) is 0 Å². The number of anilines is 1. The number of nitro benzene ring substituents is 1. The van der Waals surface area contributed by atoms with Crippen molar-refractivity contribution in [3.05, 3.63) is 57.6 Å². The van der Waals surface area contributed by atoms with Crippen molar-refractivity contribution in [1.82, 2.24) is 0 Å². The van der Waals surface area contributed by atoms with Crippen LogP contribution in [0.4, 0.5) is 11.4 Å².